The molecule has 0 unspecified atom stereocenters. The van der Waals surface area contributed by atoms with Crippen molar-refractivity contribution in [2.75, 3.05) is 0 Å². The van der Waals surface area contributed by atoms with Crippen molar-refractivity contribution in [1.82, 2.24) is 20.2 Å². The lowest BCUT2D eigenvalue weighted by atomic mass is 10.1. The van der Waals surface area contributed by atoms with E-state index in [-0.39, 0.29) is 5.69 Å². The molecule has 0 radical (unpaired) electrons. The Balaban J connectivity index is 1.89. The summed E-state index contributed by atoms with van der Waals surface area (Å²) in [6, 6.07) is 11.6. The van der Waals surface area contributed by atoms with E-state index in [4.69, 9.17) is 4.74 Å². The molecule has 0 saturated carbocycles. The number of aromatic nitrogens is 4. The smallest absolute Gasteiger partial charge is 0.365 e. The van der Waals surface area contributed by atoms with Crippen LogP contribution in [0.4, 0.5) is 0 Å². The fourth-order valence-corrected chi connectivity index (χ4v) is 2.44. The first-order valence-electron chi connectivity index (χ1n) is 7.35. The largest absolute Gasteiger partial charge is 0.489 e. The molecule has 0 saturated heterocycles. The quantitative estimate of drug-likeness (QED) is 0.803. The first kappa shape index (κ1) is 15.0. The zero-order valence-corrected chi connectivity index (χ0v) is 13.3. The van der Waals surface area contributed by atoms with Gasteiger partial charge in [-0.25, -0.2) is 9.89 Å². The number of benzene rings is 2. The van der Waals surface area contributed by atoms with Crippen LogP contribution in [0.25, 0.3) is 5.69 Å². The van der Waals surface area contributed by atoms with E-state index in [1.54, 1.807) is 0 Å². The van der Waals surface area contributed by atoms with Crippen LogP contribution in [0, 0.1) is 20.8 Å². The Labute approximate surface area is 133 Å². The molecule has 0 aliphatic rings. The summed E-state index contributed by atoms with van der Waals surface area (Å²) in [6.07, 6.45) is 0. The van der Waals surface area contributed by atoms with Crippen LogP contribution >= 0.6 is 0 Å². The highest BCUT2D eigenvalue weighted by Gasteiger charge is 2.10. The van der Waals surface area contributed by atoms with E-state index in [2.05, 4.69) is 35.4 Å². The monoisotopic (exact) mass is 310 g/mol. The molecule has 2 aromatic carbocycles. The van der Waals surface area contributed by atoms with Gasteiger partial charge >= 0.3 is 5.69 Å². The van der Waals surface area contributed by atoms with Crippen LogP contribution < -0.4 is 10.4 Å². The standard InChI is InChI=1S/C17H18N4O2/c1-11-8-13(3)16(9-12(11)2)23-10-14-6-4-5-7-15(14)21-17(22)18-19-20-21/h4-9H,10H2,1-3H3,(H,18,20,22). The van der Waals surface area contributed by atoms with Crippen molar-refractivity contribution in [1.29, 1.82) is 0 Å². The van der Waals surface area contributed by atoms with Crippen LogP contribution in [-0.2, 0) is 6.61 Å². The van der Waals surface area contributed by atoms with E-state index < -0.39 is 0 Å². The molecule has 1 heterocycles. The van der Waals surface area contributed by atoms with Gasteiger partial charge < -0.3 is 4.74 Å². The van der Waals surface area contributed by atoms with Crippen molar-refractivity contribution in [3.63, 3.8) is 0 Å². The van der Waals surface area contributed by atoms with Gasteiger partial charge in [0.1, 0.15) is 12.4 Å². The third-order valence-corrected chi connectivity index (χ3v) is 3.87. The van der Waals surface area contributed by atoms with Crippen molar-refractivity contribution in [3.05, 3.63) is 69.1 Å². The van der Waals surface area contributed by atoms with E-state index in [0.29, 0.717) is 12.3 Å². The average molecular weight is 310 g/mol. The van der Waals surface area contributed by atoms with Crippen molar-refractivity contribution < 1.29 is 4.74 Å². The van der Waals surface area contributed by atoms with Crippen molar-refractivity contribution in [3.8, 4) is 11.4 Å². The van der Waals surface area contributed by atoms with Crippen molar-refractivity contribution in [2.24, 2.45) is 0 Å². The molecular formula is C17H18N4O2. The second kappa shape index (κ2) is 6.08. The zero-order valence-electron chi connectivity index (χ0n) is 13.3. The number of nitrogens with one attached hydrogen (secondary N) is 1. The van der Waals surface area contributed by atoms with Gasteiger partial charge in [-0.05, 0) is 60.0 Å². The van der Waals surface area contributed by atoms with Crippen molar-refractivity contribution >= 4 is 0 Å². The van der Waals surface area contributed by atoms with Gasteiger partial charge in [-0.1, -0.05) is 24.3 Å². The third-order valence-electron chi connectivity index (χ3n) is 3.87. The molecule has 6 nitrogen and oxygen atoms in total. The fraction of sp³-hybridized carbons (Fsp3) is 0.235. The second-order valence-corrected chi connectivity index (χ2v) is 5.54. The molecule has 0 fully saturated rings. The maximum Gasteiger partial charge on any atom is 0.365 e. The molecule has 0 bridgehead atoms. The van der Waals surface area contributed by atoms with Crippen LogP contribution in [0.1, 0.15) is 22.3 Å². The van der Waals surface area contributed by atoms with Gasteiger partial charge in [0.05, 0.1) is 5.69 Å². The van der Waals surface area contributed by atoms with Gasteiger partial charge in [0, 0.05) is 5.56 Å². The van der Waals surface area contributed by atoms with Gasteiger partial charge in [0.2, 0.25) is 0 Å². The Kier molecular flexibility index (Phi) is 3.97. The summed E-state index contributed by atoms with van der Waals surface area (Å²) in [6.45, 7) is 6.51. The van der Waals surface area contributed by atoms with E-state index >= 15 is 0 Å². The normalized spacial score (nSPS) is 10.7. The number of rotatable bonds is 4. The highest BCUT2D eigenvalue weighted by Crippen LogP contribution is 2.24. The number of nitrogens with zero attached hydrogens (tertiary/aromatic N) is 3. The van der Waals surface area contributed by atoms with Crippen LogP contribution in [-0.4, -0.2) is 20.2 Å². The molecule has 0 amide bonds. The lowest BCUT2D eigenvalue weighted by Gasteiger charge is -2.13. The fourth-order valence-electron chi connectivity index (χ4n) is 2.44. The predicted octanol–water partition coefficient (Wildman–Crippen LogP) is 2.46. The summed E-state index contributed by atoms with van der Waals surface area (Å²) in [5.41, 5.74) is 4.66. The Morgan fingerprint density at radius 3 is 2.57 bits per heavy atom. The molecule has 23 heavy (non-hydrogen) atoms. The van der Waals surface area contributed by atoms with E-state index in [1.165, 1.54) is 15.8 Å². The molecular weight excluding hydrogens is 292 g/mol. The van der Waals surface area contributed by atoms with Gasteiger partial charge in [-0.2, -0.15) is 4.68 Å². The molecule has 1 aromatic heterocycles. The Morgan fingerprint density at radius 1 is 1.09 bits per heavy atom. The number of ether oxygens (including phenoxy) is 1. The number of aryl methyl sites for hydroxylation is 3. The first-order chi connectivity index (χ1) is 11.1. The average Bonchev–Trinajstić information content (AvgIpc) is 2.96. The van der Waals surface area contributed by atoms with Gasteiger partial charge in [-0.15, -0.1) is 0 Å². The number of H-pyrrole nitrogens is 1. The van der Waals surface area contributed by atoms with Crippen LogP contribution in [0.5, 0.6) is 5.75 Å². The summed E-state index contributed by atoms with van der Waals surface area (Å²) < 4.78 is 7.19. The van der Waals surface area contributed by atoms with Crippen LogP contribution in [0.3, 0.4) is 0 Å². The Bertz CT molecular complexity index is 896. The highest BCUT2D eigenvalue weighted by atomic mass is 16.5. The van der Waals surface area contributed by atoms with E-state index in [1.807, 2.05) is 37.3 Å². The minimum atomic E-state index is -0.375. The first-order valence-corrected chi connectivity index (χ1v) is 7.35. The molecule has 0 aliphatic heterocycles. The summed E-state index contributed by atoms with van der Waals surface area (Å²) in [5, 5.41) is 9.61. The Morgan fingerprint density at radius 2 is 1.83 bits per heavy atom. The lowest BCUT2D eigenvalue weighted by Crippen LogP contribution is -2.18. The maximum atomic E-state index is 11.7. The Hall–Kier alpha value is -2.89. The topological polar surface area (TPSA) is 72.8 Å². The molecule has 118 valence electrons. The van der Waals surface area contributed by atoms with Crippen molar-refractivity contribution in [2.45, 2.75) is 27.4 Å². The summed E-state index contributed by atoms with van der Waals surface area (Å²) >= 11 is 0. The highest BCUT2D eigenvalue weighted by molar-refractivity contribution is 5.42. The van der Waals surface area contributed by atoms with Crippen LogP contribution in [0.15, 0.2) is 41.2 Å². The maximum absolute atomic E-state index is 11.7. The van der Waals surface area contributed by atoms with Gasteiger partial charge in [0.15, 0.2) is 0 Å². The number of hydrogen-bond donors (Lipinski definition) is 1. The molecule has 0 spiro atoms. The van der Waals surface area contributed by atoms with Gasteiger partial charge in [-0.3, -0.25) is 0 Å². The number of aromatic amines is 1. The third kappa shape index (κ3) is 3.01. The lowest BCUT2D eigenvalue weighted by molar-refractivity contribution is 0.303. The number of tetrazole rings is 1. The molecule has 3 aromatic rings. The summed E-state index contributed by atoms with van der Waals surface area (Å²) in [7, 11) is 0. The molecule has 3 rings (SSSR count). The SMILES string of the molecule is Cc1cc(C)c(OCc2ccccc2-n2nn[nH]c2=O)cc1C. The molecule has 0 atom stereocenters. The number of para-hydroxylation sites is 1. The molecule has 1 N–H and O–H groups in total. The summed E-state index contributed by atoms with van der Waals surface area (Å²) in [5.74, 6) is 0.843. The second-order valence-electron chi connectivity index (χ2n) is 5.54. The van der Waals surface area contributed by atoms with Gasteiger partial charge in [0.25, 0.3) is 0 Å². The molecule has 6 heteroatoms. The van der Waals surface area contributed by atoms with E-state index in [9.17, 15) is 4.79 Å². The zero-order chi connectivity index (χ0) is 16.4. The predicted molar refractivity (Wildman–Crippen MR) is 87.0 cm³/mol. The summed E-state index contributed by atoms with van der Waals surface area (Å²) in [4.78, 5) is 11.7. The molecule has 0 aliphatic carbocycles. The van der Waals surface area contributed by atoms with Crippen LogP contribution in [0.2, 0.25) is 0 Å². The number of hydrogen-bond acceptors (Lipinski definition) is 4. The van der Waals surface area contributed by atoms with E-state index in [0.717, 1.165) is 16.9 Å². The minimum absolute atomic E-state index is 0.346. The minimum Gasteiger partial charge on any atom is -0.489 e.